The number of nitrogens with zero attached hydrogens (tertiary/aromatic N) is 3. The third-order valence-electron chi connectivity index (χ3n) is 1.72. The fraction of sp³-hybridized carbons (Fsp3) is 0.500. The SMILES string of the molecule is CCn1cc(C(=O)O)nc1N(C)C. The quantitative estimate of drug-likeness (QED) is 0.748. The van der Waals surface area contributed by atoms with E-state index in [-0.39, 0.29) is 5.69 Å². The van der Waals surface area contributed by atoms with Crippen LogP contribution in [0.25, 0.3) is 0 Å². The normalized spacial score (nSPS) is 10.1. The Morgan fingerprint density at radius 2 is 2.31 bits per heavy atom. The first-order valence-electron chi connectivity index (χ1n) is 4.04. The summed E-state index contributed by atoms with van der Waals surface area (Å²) in [7, 11) is 3.67. The van der Waals surface area contributed by atoms with Gasteiger partial charge < -0.3 is 14.6 Å². The molecule has 0 spiro atoms. The molecule has 0 saturated carbocycles. The predicted molar refractivity (Wildman–Crippen MR) is 49.2 cm³/mol. The predicted octanol–water partition coefficient (Wildman–Crippen LogP) is 0.667. The molecule has 0 radical (unpaired) electrons. The van der Waals surface area contributed by atoms with E-state index in [4.69, 9.17) is 5.11 Å². The minimum absolute atomic E-state index is 0.0885. The monoisotopic (exact) mass is 183 g/mol. The van der Waals surface area contributed by atoms with Gasteiger partial charge in [-0.05, 0) is 6.92 Å². The number of aryl methyl sites for hydroxylation is 1. The summed E-state index contributed by atoms with van der Waals surface area (Å²) in [6.45, 7) is 2.66. The van der Waals surface area contributed by atoms with Crippen molar-refractivity contribution >= 4 is 11.9 Å². The summed E-state index contributed by atoms with van der Waals surface area (Å²) in [5, 5.41) is 8.71. The number of aromatic carboxylic acids is 1. The van der Waals surface area contributed by atoms with Gasteiger partial charge in [0.05, 0.1) is 0 Å². The summed E-state index contributed by atoms with van der Waals surface area (Å²) >= 11 is 0. The molecule has 0 fully saturated rings. The van der Waals surface area contributed by atoms with Gasteiger partial charge in [-0.3, -0.25) is 0 Å². The number of carbonyl (C=O) groups is 1. The fourth-order valence-corrected chi connectivity index (χ4v) is 1.10. The van der Waals surface area contributed by atoms with E-state index >= 15 is 0 Å². The minimum Gasteiger partial charge on any atom is -0.476 e. The van der Waals surface area contributed by atoms with Crippen molar-refractivity contribution in [2.75, 3.05) is 19.0 Å². The molecule has 1 aromatic rings. The average Bonchev–Trinajstić information content (AvgIpc) is 2.47. The number of rotatable bonds is 3. The molecule has 1 aromatic heterocycles. The minimum atomic E-state index is -0.990. The van der Waals surface area contributed by atoms with Gasteiger partial charge in [0.15, 0.2) is 5.69 Å². The Kier molecular flexibility index (Phi) is 2.55. The van der Waals surface area contributed by atoms with Crippen molar-refractivity contribution in [3.8, 4) is 0 Å². The lowest BCUT2D eigenvalue weighted by molar-refractivity contribution is 0.0691. The summed E-state index contributed by atoms with van der Waals surface area (Å²) in [5.41, 5.74) is 0.0885. The molecule has 5 heteroatoms. The van der Waals surface area contributed by atoms with Gasteiger partial charge in [-0.2, -0.15) is 0 Å². The number of imidazole rings is 1. The molecule has 0 aliphatic rings. The molecule has 0 atom stereocenters. The van der Waals surface area contributed by atoms with Crippen LogP contribution in [0.15, 0.2) is 6.20 Å². The Bertz CT molecular complexity index is 317. The Hall–Kier alpha value is -1.52. The number of carboxylic acid groups (broad SMARTS) is 1. The molecule has 0 saturated heterocycles. The highest BCUT2D eigenvalue weighted by molar-refractivity contribution is 5.85. The second-order valence-corrected chi connectivity index (χ2v) is 2.91. The lowest BCUT2D eigenvalue weighted by Crippen LogP contribution is -2.14. The molecule has 0 bridgehead atoms. The van der Waals surface area contributed by atoms with E-state index in [1.165, 1.54) is 6.20 Å². The first-order chi connectivity index (χ1) is 6.06. The van der Waals surface area contributed by atoms with E-state index in [9.17, 15) is 4.79 Å². The van der Waals surface area contributed by atoms with E-state index < -0.39 is 5.97 Å². The Morgan fingerprint density at radius 1 is 1.69 bits per heavy atom. The van der Waals surface area contributed by atoms with Gasteiger partial charge in [0.2, 0.25) is 5.95 Å². The molecular weight excluding hydrogens is 170 g/mol. The molecule has 0 unspecified atom stereocenters. The van der Waals surface area contributed by atoms with Crippen LogP contribution in [0, 0.1) is 0 Å². The molecule has 5 nitrogen and oxygen atoms in total. The maximum absolute atomic E-state index is 10.6. The second-order valence-electron chi connectivity index (χ2n) is 2.91. The zero-order valence-corrected chi connectivity index (χ0v) is 7.98. The molecular formula is C8H13N3O2. The number of hydrogen-bond acceptors (Lipinski definition) is 3. The number of carboxylic acids is 1. The first kappa shape index (κ1) is 9.57. The molecule has 0 aliphatic carbocycles. The van der Waals surface area contributed by atoms with Gasteiger partial charge in [-0.15, -0.1) is 0 Å². The van der Waals surface area contributed by atoms with Gasteiger partial charge in [0, 0.05) is 26.8 Å². The zero-order chi connectivity index (χ0) is 10.0. The van der Waals surface area contributed by atoms with Crippen LogP contribution < -0.4 is 4.90 Å². The highest BCUT2D eigenvalue weighted by Gasteiger charge is 2.12. The van der Waals surface area contributed by atoms with Crippen molar-refractivity contribution in [1.82, 2.24) is 9.55 Å². The Balaban J connectivity index is 3.11. The fourth-order valence-electron chi connectivity index (χ4n) is 1.10. The van der Waals surface area contributed by atoms with Crippen molar-refractivity contribution < 1.29 is 9.90 Å². The topological polar surface area (TPSA) is 58.4 Å². The Labute approximate surface area is 76.6 Å². The summed E-state index contributed by atoms with van der Waals surface area (Å²) in [6.07, 6.45) is 1.54. The van der Waals surface area contributed by atoms with E-state index in [1.54, 1.807) is 9.47 Å². The smallest absolute Gasteiger partial charge is 0.356 e. The van der Waals surface area contributed by atoms with Gasteiger partial charge in [-0.1, -0.05) is 0 Å². The standard InChI is InChI=1S/C8H13N3O2/c1-4-11-5-6(7(12)13)9-8(11)10(2)3/h5H,4H2,1-3H3,(H,12,13). The lowest BCUT2D eigenvalue weighted by atomic mass is 10.5. The molecule has 72 valence electrons. The van der Waals surface area contributed by atoms with Gasteiger partial charge in [0.1, 0.15) is 0 Å². The van der Waals surface area contributed by atoms with Crippen LogP contribution >= 0.6 is 0 Å². The zero-order valence-electron chi connectivity index (χ0n) is 7.98. The average molecular weight is 183 g/mol. The molecule has 0 amide bonds. The van der Waals surface area contributed by atoms with Crippen LogP contribution in [0.3, 0.4) is 0 Å². The maximum Gasteiger partial charge on any atom is 0.356 e. The van der Waals surface area contributed by atoms with Crippen molar-refractivity contribution in [2.24, 2.45) is 0 Å². The van der Waals surface area contributed by atoms with E-state index in [1.807, 2.05) is 21.0 Å². The van der Waals surface area contributed by atoms with Crippen molar-refractivity contribution in [2.45, 2.75) is 13.5 Å². The maximum atomic E-state index is 10.6. The second kappa shape index (κ2) is 3.47. The first-order valence-corrected chi connectivity index (χ1v) is 4.04. The summed E-state index contributed by atoms with van der Waals surface area (Å²) in [6, 6.07) is 0. The summed E-state index contributed by atoms with van der Waals surface area (Å²) in [4.78, 5) is 16.4. The largest absolute Gasteiger partial charge is 0.476 e. The van der Waals surface area contributed by atoms with Gasteiger partial charge in [0.25, 0.3) is 0 Å². The van der Waals surface area contributed by atoms with Crippen LogP contribution in [0.4, 0.5) is 5.95 Å². The van der Waals surface area contributed by atoms with E-state index in [0.29, 0.717) is 12.5 Å². The third-order valence-corrected chi connectivity index (χ3v) is 1.72. The van der Waals surface area contributed by atoms with Gasteiger partial charge in [-0.25, -0.2) is 9.78 Å². The van der Waals surface area contributed by atoms with E-state index in [0.717, 1.165) is 0 Å². The molecule has 0 aromatic carbocycles. The highest BCUT2D eigenvalue weighted by Crippen LogP contribution is 2.11. The van der Waals surface area contributed by atoms with Crippen LogP contribution in [-0.4, -0.2) is 34.7 Å². The summed E-state index contributed by atoms with van der Waals surface area (Å²) < 4.78 is 1.80. The summed E-state index contributed by atoms with van der Waals surface area (Å²) in [5.74, 6) is -0.324. The van der Waals surface area contributed by atoms with E-state index in [2.05, 4.69) is 4.98 Å². The number of aromatic nitrogens is 2. The van der Waals surface area contributed by atoms with Crippen LogP contribution in [0.2, 0.25) is 0 Å². The van der Waals surface area contributed by atoms with Crippen LogP contribution in [0.1, 0.15) is 17.4 Å². The number of anilines is 1. The molecule has 0 aliphatic heterocycles. The molecule has 1 heterocycles. The number of hydrogen-bond donors (Lipinski definition) is 1. The van der Waals surface area contributed by atoms with Crippen molar-refractivity contribution in [3.63, 3.8) is 0 Å². The van der Waals surface area contributed by atoms with Crippen molar-refractivity contribution in [1.29, 1.82) is 0 Å². The van der Waals surface area contributed by atoms with Crippen LogP contribution in [0.5, 0.6) is 0 Å². The molecule has 13 heavy (non-hydrogen) atoms. The van der Waals surface area contributed by atoms with Crippen LogP contribution in [-0.2, 0) is 6.54 Å². The Morgan fingerprint density at radius 3 is 2.62 bits per heavy atom. The highest BCUT2D eigenvalue weighted by atomic mass is 16.4. The third kappa shape index (κ3) is 1.80. The van der Waals surface area contributed by atoms with Crippen molar-refractivity contribution in [3.05, 3.63) is 11.9 Å². The lowest BCUT2D eigenvalue weighted by Gasteiger charge is -2.11. The molecule has 1 N–H and O–H groups in total. The van der Waals surface area contributed by atoms with Gasteiger partial charge >= 0.3 is 5.97 Å². The molecule has 1 rings (SSSR count).